The number of likely N-dealkylation sites (N-methyl/N-ethyl adjacent to an activating group) is 1. The van der Waals surface area contributed by atoms with E-state index in [-0.39, 0.29) is 0 Å². The van der Waals surface area contributed by atoms with Crippen LogP contribution in [0.3, 0.4) is 0 Å². The van der Waals surface area contributed by atoms with Crippen molar-refractivity contribution in [2.24, 2.45) is 0 Å². The average Bonchev–Trinajstić information content (AvgIpc) is 2.40. The van der Waals surface area contributed by atoms with Crippen molar-refractivity contribution >= 4 is 17.4 Å². The van der Waals surface area contributed by atoms with Crippen LogP contribution in [0, 0.1) is 0 Å². The molecule has 0 aliphatic rings. The lowest BCUT2D eigenvalue weighted by Gasteiger charge is -2.17. The van der Waals surface area contributed by atoms with Crippen molar-refractivity contribution in [1.82, 2.24) is 14.9 Å². The van der Waals surface area contributed by atoms with Crippen molar-refractivity contribution in [3.8, 4) is 0 Å². The summed E-state index contributed by atoms with van der Waals surface area (Å²) in [7, 11) is 3.78. The monoisotopic (exact) mass is 286 g/mol. The highest BCUT2D eigenvalue weighted by molar-refractivity contribution is 6.30. The number of nitrogens with one attached hydrogen (secondary N) is 1. The number of rotatable bonds is 9. The first-order valence-corrected chi connectivity index (χ1v) is 6.97. The molecule has 0 fully saturated rings. The molecule has 5 nitrogen and oxygen atoms in total. The molecule has 19 heavy (non-hydrogen) atoms. The van der Waals surface area contributed by atoms with Gasteiger partial charge < -0.3 is 15.0 Å². The van der Waals surface area contributed by atoms with Gasteiger partial charge in [0, 0.05) is 32.3 Å². The molecule has 6 heteroatoms. The van der Waals surface area contributed by atoms with Crippen molar-refractivity contribution in [2.45, 2.75) is 19.8 Å². The Morgan fingerprint density at radius 3 is 2.84 bits per heavy atom. The lowest BCUT2D eigenvalue weighted by Crippen LogP contribution is -2.28. The van der Waals surface area contributed by atoms with E-state index >= 15 is 0 Å². The maximum atomic E-state index is 6.10. The molecule has 0 saturated heterocycles. The van der Waals surface area contributed by atoms with Crippen molar-refractivity contribution in [3.05, 3.63) is 17.0 Å². The van der Waals surface area contributed by atoms with Crippen molar-refractivity contribution in [3.63, 3.8) is 0 Å². The van der Waals surface area contributed by atoms with E-state index in [0.717, 1.165) is 50.5 Å². The molecule has 1 rings (SSSR count). The van der Waals surface area contributed by atoms with E-state index in [1.807, 2.05) is 0 Å². The molecule has 0 bridgehead atoms. The number of nitrogens with zero attached hydrogens (tertiary/aromatic N) is 3. The quantitative estimate of drug-likeness (QED) is 0.704. The fourth-order valence-electron chi connectivity index (χ4n) is 1.74. The molecule has 1 N–H and O–H groups in total. The highest BCUT2D eigenvalue weighted by Crippen LogP contribution is 2.21. The number of halogens is 1. The number of aromatic nitrogens is 2. The zero-order valence-electron chi connectivity index (χ0n) is 11.9. The fourth-order valence-corrected chi connectivity index (χ4v) is 1.97. The topological polar surface area (TPSA) is 50.3 Å². The Hall–Kier alpha value is -0.910. The summed E-state index contributed by atoms with van der Waals surface area (Å²) >= 11 is 6.10. The van der Waals surface area contributed by atoms with E-state index in [4.69, 9.17) is 16.3 Å². The van der Waals surface area contributed by atoms with Crippen molar-refractivity contribution in [1.29, 1.82) is 0 Å². The maximum absolute atomic E-state index is 6.10. The first kappa shape index (κ1) is 16.1. The third-order valence-corrected chi connectivity index (χ3v) is 3.18. The van der Waals surface area contributed by atoms with Gasteiger partial charge in [-0.3, -0.25) is 0 Å². The van der Waals surface area contributed by atoms with Crippen LogP contribution in [0.4, 0.5) is 5.82 Å². The lowest BCUT2D eigenvalue weighted by molar-refractivity contribution is 0.163. The number of methoxy groups -OCH3 is 1. The summed E-state index contributed by atoms with van der Waals surface area (Å²) < 4.78 is 5.04. The van der Waals surface area contributed by atoms with Gasteiger partial charge in [-0.1, -0.05) is 24.9 Å². The van der Waals surface area contributed by atoms with Gasteiger partial charge >= 0.3 is 0 Å². The van der Waals surface area contributed by atoms with Gasteiger partial charge in [-0.05, 0) is 13.5 Å². The second-order valence-electron chi connectivity index (χ2n) is 4.46. The van der Waals surface area contributed by atoms with E-state index in [0.29, 0.717) is 5.15 Å². The molecule has 1 heterocycles. The summed E-state index contributed by atoms with van der Waals surface area (Å²) in [6.45, 7) is 5.54. The molecular weight excluding hydrogens is 264 g/mol. The Morgan fingerprint density at radius 2 is 2.16 bits per heavy atom. The van der Waals surface area contributed by atoms with Gasteiger partial charge in [-0.15, -0.1) is 0 Å². The minimum atomic E-state index is 0.548. The Bertz CT molecular complexity index is 376. The predicted octanol–water partition coefficient (Wildman–Crippen LogP) is 2.07. The largest absolute Gasteiger partial charge is 0.383 e. The summed E-state index contributed by atoms with van der Waals surface area (Å²) in [5.74, 6) is 0.849. The minimum absolute atomic E-state index is 0.548. The van der Waals surface area contributed by atoms with E-state index in [2.05, 4.69) is 34.2 Å². The SMILES string of the molecule is CCCc1c(Cl)ncnc1NCCN(C)CCOC. The van der Waals surface area contributed by atoms with Crippen LogP contribution in [0.5, 0.6) is 0 Å². The third kappa shape index (κ3) is 5.72. The highest BCUT2D eigenvalue weighted by atomic mass is 35.5. The molecule has 1 aromatic heterocycles. The third-order valence-electron chi connectivity index (χ3n) is 2.86. The molecule has 1 aromatic rings. The minimum Gasteiger partial charge on any atom is -0.383 e. The van der Waals surface area contributed by atoms with Gasteiger partial charge in [0.05, 0.1) is 6.61 Å². The molecule has 0 unspecified atom stereocenters. The van der Waals surface area contributed by atoms with Crippen LogP contribution in [0.25, 0.3) is 0 Å². The fraction of sp³-hybridized carbons (Fsp3) is 0.692. The molecule has 0 atom stereocenters. The molecule has 0 saturated carbocycles. The van der Waals surface area contributed by atoms with Crippen LogP contribution in [0.1, 0.15) is 18.9 Å². The summed E-state index contributed by atoms with van der Waals surface area (Å²) in [5.41, 5.74) is 1.01. The average molecular weight is 287 g/mol. The molecule has 0 aromatic carbocycles. The number of ether oxygens (including phenoxy) is 1. The molecule has 0 radical (unpaired) electrons. The molecule has 0 amide bonds. The number of anilines is 1. The van der Waals surface area contributed by atoms with Crippen LogP contribution in [0.15, 0.2) is 6.33 Å². The highest BCUT2D eigenvalue weighted by Gasteiger charge is 2.08. The van der Waals surface area contributed by atoms with Crippen LogP contribution >= 0.6 is 11.6 Å². The summed E-state index contributed by atoms with van der Waals surface area (Å²) in [5, 5.41) is 3.88. The second kappa shape index (κ2) is 9.07. The number of hydrogen-bond donors (Lipinski definition) is 1. The number of hydrogen-bond acceptors (Lipinski definition) is 5. The van der Waals surface area contributed by atoms with Gasteiger partial charge in [-0.25, -0.2) is 9.97 Å². The van der Waals surface area contributed by atoms with E-state index in [1.165, 1.54) is 6.33 Å². The summed E-state index contributed by atoms with van der Waals surface area (Å²) in [6.07, 6.45) is 3.41. The van der Waals surface area contributed by atoms with E-state index in [1.54, 1.807) is 7.11 Å². The van der Waals surface area contributed by atoms with Crippen molar-refractivity contribution in [2.75, 3.05) is 45.7 Å². The smallest absolute Gasteiger partial charge is 0.137 e. The Kier molecular flexibility index (Phi) is 7.70. The molecule has 0 spiro atoms. The zero-order valence-corrected chi connectivity index (χ0v) is 12.7. The van der Waals surface area contributed by atoms with Gasteiger partial charge in [-0.2, -0.15) is 0 Å². The van der Waals surface area contributed by atoms with Crippen LogP contribution in [-0.2, 0) is 11.2 Å². The van der Waals surface area contributed by atoms with Crippen LogP contribution in [0.2, 0.25) is 5.15 Å². The first-order valence-electron chi connectivity index (χ1n) is 6.59. The van der Waals surface area contributed by atoms with Crippen LogP contribution in [-0.4, -0.2) is 55.3 Å². The molecular formula is C13H23ClN4O. The standard InChI is InChI=1S/C13H23ClN4O/c1-4-5-11-12(14)16-10-17-13(11)15-6-7-18(2)8-9-19-3/h10H,4-9H2,1-3H3,(H,15,16,17). The Balaban J connectivity index is 2.46. The van der Waals surface area contributed by atoms with E-state index in [9.17, 15) is 0 Å². The first-order chi connectivity index (χ1) is 9.19. The van der Waals surface area contributed by atoms with E-state index < -0.39 is 0 Å². The van der Waals surface area contributed by atoms with Gasteiger partial charge in [0.2, 0.25) is 0 Å². The van der Waals surface area contributed by atoms with Crippen molar-refractivity contribution < 1.29 is 4.74 Å². The van der Waals surface area contributed by atoms with Gasteiger partial charge in [0.15, 0.2) is 0 Å². The predicted molar refractivity (Wildman–Crippen MR) is 78.9 cm³/mol. The zero-order chi connectivity index (χ0) is 14.1. The summed E-state index contributed by atoms with van der Waals surface area (Å²) in [4.78, 5) is 10.5. The molecule has 0 aliphatic heterocycles. The maximum Gasteiger partial charge on any atom is 0.137 e. The Labute approximate surface area is 120 Å². The summed E-state index contributed by atoms with van der Waals surface area (Å²) in [6, 6.07) is 0. The van der Waals surface area contributed by atoms with Gasteiger partial charge in [0.25, 0.3) is 0 Å². The normalized spacial score (nSPS) is 11.0. The molecule has 108 valence electrons. The van der Waals surface area contributed by atoms with Crippen LogP contribution < -0.4 is 5.32 Å². The Morgan fingerprint density at radius 1 is 1.37 bits per heavy atom. The lowest BCUT2D eigenvalue weighted by atomic mass is 10.2. The molecule has 0 aliphatic carbocycles. The van der Waals surface area contributed by atoms with Gasteiger partial charge in [0.1, 0.15) is 17.3 Å². The second-order valence-corrected chi connectivity index (χ2v) is 4.82.